The second kappa shape index (κ2) is 6.12. The van der Waals surface area contributed by atoms with Crippen LogP contribution in [0.4, 0.5) is 4.39 Å². The molecular formula is C20H19FN2O3. The lowest BCUT2D eigenvalue weighted by Gasteiger charge is -2.06. The first-order valence-corrected chi connectivity index (χ1v) is 8.71. The number of carbonyl (C=O) groups is 1. The number of esters is 1. The summed E-state index contributed by atoms with van der Waals surface area (Å²) in [5.74, 6) is -0.537. The van der Waals surface area contributed by atoms with Gasteiger partial charge in [-0.1, -0.05) is 12.1 Å². The van der Waals surface area contributed by atoms with Crippen LogP contribution in [0.3, 0.4) is 0 Å². The zero-order chi connectivity index (χ0) is 18.4. The summed E-state index contributed by atoms with van der Waals surface area (Å²) in [6.45, 7) is 3.71. The average molecular weight is 354 g/mol. The molecule has 6 heteroatoms. The Balaban J connectivity index is 1.91. The molecule has 1 aliphatic rings. The zero-order valence-electron chi connectivity index (χ0n) is 14.6. The lowest BCUT2D eigenvalue weighted by Crippen LogP contribution is -2.12. The quantitative estimate of drug-likeness (QED) is 0.725. The number of aryl methyl sites for hydroxylation is 1. The summed E-state index contributed by atoms with van der Waals surface area (Å²) in [5, 5.41) is 0. The van der Waals surface area contributed by atoms with Crippen molar-refractivity contribution in [1.82, 2.24) is 9.38 Å². The molecule has 1 N–H and O–H groups in total. The minimum atomic E-state index is -0.416. The SMILES string of the molecule is CCOC(=O)c1cn2cc(-c3ccc(C)c(F)c3)[nH]c(=O)c2c1C1CC1. The highest BCUT2D eigenvalue weighted by molar-refractivity contribution is 5.94. The Morgan fingerprint density at radius 2 is 2.12 bits per heavy atom. The number of carbonyl (C=O) groups excluding carboxylic acids is 1. The highest BCUT2D eigenvalue weighted by atomic mass is 19.1. The number of nitrogens with one attached hydrogen (secondary N) is 1. The van der Waals surface area contributed by atoms with E-state index in [4.69, 9.17) is 4.74 Å². The Hall–Kier alpha value is -2.89. The maximum Gasteiger partial charge on any atom is 0.339 e. The number of ether oxygens (including phenoxy) is 1. The van der Waals surface area contributed by atoms with E-state index in [1.54, 1.807) is 42.8 Å². The predicted molar refractivity (Wildman–Crippen MR) is 96.1 cm³/mol. The topological polar surface area (TPSA) is 63.6 Å². The number of hydrogen-bond acceptors (Lipinski definition) is 3. The van der Waals surface area contributed by atoms with Gasteiger partial charge in [0, 0.05) is 23.5 Å². The van der Waals surface area contributed by atoms with Gasteiger partial charge in [0.15, 0.2) is 0 Å². The van der Waals surface area contributed by atoms with Crippen LogP contribution in [0.15, 0.2) is 35.4 Å². The molecule has 0 amide bonds. The van der Waals surface area contributed by atoms with Crippen molar-refractivity contribution in [3.05, 3.63) is 63.5 Å². The maximum atomic E-state index is 13.9. The number of H-pyrrole nitrogens is 1. The third-order valence-corrected chi connectivity index (χ3v) is 4.77. The normalized spacial score (nSPS) is 14.0. The van der Waals surface area contributed by atoms with Gasteiger partial charge in [-0.25, -0.2) is 9.18 Å². The van der Waals surface area contributed by atoms with Crippen LogP contribution < -0.4 is 5.56 Å². The molecular weight excluding hydrogens is 335 g/mol. The van der Waals surface area contributed by atoms with Crippen molar-refractivity contribution >= 4 is 11.5 Å². The first-order valence-electron chi connectivity index (χ1n) is 8.71. The number of fused-ring (bicyclic) bond motifs is 1. The van der Waals surface area contributed by atoms with E-state index in [0.29, 0.717) is 27.9 Å². The van der Waals surface area contributed by atoms with E-state index in [1.807, 2.05) is 0 Å². The Kier molecular flexibility index (Phi) is 3.90. The van der Waals surface area contributed by atoms with E-state index in [1.165, 1.54) is 6.07 Å². The Morgan fingerprint density at radius 3 is 2.77 bits per heavy atom. The van der Waals surface area contributed by atoms with Gasteiger partial charge in [-0.15, -0.1) is 0 Å². The lowest BCUT2D eigenvalue weighted by molar-refractivity contribution is 0.0525. The van der Waals surface area contributed by atoms with Crippen LogP contribution in [-0.2, 0) is 4.74 Å². The molecule has 3 aromatic rings. The summed E-state index contributed by atoms with van der Waals surface area (Å²) in [4.78, 5) is 27.9. The Labute approximate surface area is 149 Å². The second-order valence-electron chi connectivity index (χ2n) is 6.67. The number of hydrogen-bond donors (Lipinski definition) is 1. The van der Waals surface area contributed by atoms with Crippen LogP contribution in [-0.4, -0.2) is 22.0 Å². The largest absolute Gasteiger partial charge is 0.462 e. The molecule has 1 fully saturated rings. The Bertz CT molecular complexity index is 1080. The van der Waals surface area contributed by atoms with Crippen molar-refractivity contribution < 1.29 is 13.9 Å². The van der Waals surface area contributed by atoms with E-state index >= 15 is 0 Å². The van der Waals surface area contributed by atoms with Crippen molar-refractivity contribution in [2.24, 2.45) is 0 Å². The molecule has 4 rings (SSSR count). The van der Waals surface area contributed by atoms with Gasteiger partial charge in [-0.05, 0) is 44.2 Å². The standard InChI is InChI=1S/C20H19FN2O3/c1-3-26-20(25)14-9-23-10-16(13-5-4-11(2)15(21)8-13)22-19(24)18(23)17(14)12-6-7-12/h4-5,8-10,12H,3,6-7H2,1-2H3,(H,22,24). The fraction of sp³-hybridized carbons (Fsp3) is 0.300. The number of rotatable bonds is 4. The van der Waals surface area contributed by atoms with Crippen LogP contribution in [0.25, 0.3) is 16.8 Å². The summed E-state index contributed by atoms with van der Waals surface area (Å²) in [5.41, 5.74) is 2.98. The molecule has 1 aliphatic carbocycles. The number of aromatic nitrogens is 2. The number of halogens is 1. The number of aromatic amines is 1. The molecule has 2 heterocycles. The summed E-state index contributed by atoms with van der Waals surface area (Å²) in [6, 6.07) is 4.82. The molecule has 0 spiro atoms. The smallest absolute Gasteiger partial charge is 0.339 e. The van der Waals surface area contributed by atoms with Crippen molar-refractivity contribution in [2.75, 3.05) is 6.61 Å². The van der Waals surface area contributed by atoms with Crippen LogP contribution >= 0.6 is 0 Å². The third kappa shape index (κ3) is 2.71. The zero-order valence-corrected chi connectivity index (χ0v) is 14.6. The molecule has 0 saturated heterocycles. The van der Waals surface area contributed by atoms with Crippen LogP contribution in [0.1, 0.15) is 47.2 Å². The minimum absolute atomic E-state index is 0.211. The highest BCUT2D eigenvalue weighted by Crippen LogP contribution is 2.44. The number of nitrogens with zero attached hydrogens (tertiary/aromatic N) is 1. The molecule has 5 nitrogen and oxygen atoms in total. The molecule has 0 atom stereocenters. The Morgan fingerprint density at radius 1 is 1.35 bits per heavy atom. The molecule has 0 unspecified atom stereocenters. The van der Waals surface area contributed by atoms with Crippen molar-refractivity contribution in [1.29, 1.82) is 0 Å². The average Bonchev–Trinajstić information content (AvgIpc) is 3.37. The fourth-order valence-electron chi connectivity index (χ4n) is 3.30. The second-order valence-corrected chi connectivity index (χ2v) is 6.67. The monoisotopic (exact) mass is 354 g/mol. The van der Waals surface area contributed by atoms with Crippen molar-refractivity contribution in [3.63, 3.8) is 0 Å². The van der Waals surface area contributed by atoms with E-state index in [-0.39, 0.29) is 23.9 Å². The maximum absolute atomic E-state index is 13.9. The molecule has 0 bridgehead atoms. The summed E-state index contributed by atoms with van der Waals surface area (Å²) >= 11 is 0. The van der Waals surface area contributed by atoms with Crippen molar-refractivity contribution in [3.8, 4) is 11.3 Å². The summed E-state index contributed by atoms with van der Waals surface area (Å²) in [7, 11) is 0. The van der Waals surface area contributed by atoms with Gasteiger partial charge in [0.1, 0.15) is 11.3 Å². The molecule has 134 valence electrons. The molecule has 2 aromatic heterocycles. The van der Waals surface area contributed by atoms with Crippen molar-refractivity contribution in [2.45, 2.75) is 32.6 Å². The lowest BCUT2D eigenvalue weighted by atomic mass is 10.1. The predicted octanol–water partition coefficient (Wildman–Crippen LogP) is 3.80. The van der Waals surface area contributed by atoms with Gasteiger partial charge in [0.2, 0.25) is 0 Å². The van der Waals surface area contributed by atoms with Gasteiger partial charge in [0.05, 0.1) is 17.9 Å². The first-order chi connectivity index (χ1) is 12.5. The van der Waals surface area contributed by atoms with Gasteiger partial charge < -0.3 is 14.1 Å². The number of benzene rings is 1. The van der Waals surface area contributed by atoms with Gasteiger partial charge >= 0.3 is 5.97 Å². The van der Waals surface area contributed by atoms with E-state index < -0.39 is 5.97 Å². The van der Waals surface area contributed by atoms with Gasteiger partial charge in [-0.3, -0.25) is 4.79 Å². The molecule has 1 saturated carbocycles. The van der Waals surface area contributed by atoms with Crippen LogP contribution in [0, 0.1) is 12.7 Å². The van der Waals surface area contributed by atoms with E-state index in [9.17, 15) is 14.0 Å². The molecule has 0 aliphatic heterocycles. The summed E-state index contributed by atoms with van der Waals surface area (Å²) < 4.78 is 20.7. The van der Waals surface area contributed by atoms with E-state index in [2.05, 4.69) is 4.98 Å². The minimum Gasteiger partial charge on any atom is -0.462 e. The molecule has 1 aromatic carbocycles. The highest BCUT2D eigenvalue weighted by Gasteiger charge is 2.33. The van der Waals surface area contributed by atoms with Gasteiger partial charge in [-0.2, -0.15) is 0 Å². The van der Waals surface area contributed by atoms with Gasteiger partial charge in [0.25, 0.3) is 5.56 Å². The third-order valence-electron chi connectivity index (χ3n) is 4.77. The molecule has 26 heavy (non-hydrogen) atoms. The fourth-order valence-corrected chi connectivity index (χ4v) is 3.30. The summed E-state index contributed by atoms with van der Waals surface area (Å²) in [6.07, 6.45) is 5.27. The van der Waals surface area contributed by atoms with Crippen LogP contribution in [0.2, 0.25) is 0 Å². The first kappa shape index (κ1) is 16.6. The van der Waals surface area contributed by atoms with E-state index in [0.717, 1.165) is 18.4 Å². The molecule has 0 radical (unpaired) electrons. The van der Waals surface area contributed by atoms with Crippen LogP contribution in [0.5, 0.6) is 0 Å².